The summed E-state index contributed by atoms with van der Waals surface area (Å²) in [7, 11) is 0. The van der Waals surface area contributed by atoms with Gasteiger partial charge in [-0.1, -0.05) is 41.4 Å². The van der Waals surface area contributed by atoms with Gasteiger partial charge in [-0.2, -0.15) is 0 Å². The molecular formula is C21H22ClN3O3S. The Labute approximate surface area is 179 Å². The van der Waals surface area contributed by atoms with Crippen molar-refractivity contribution in [2.24, 2.45) is 0 Å². The third-order valence-electron chi connectivity index (χ3n) is 4.71. The number of halogens is 1. The lowest BCUT2D eigenvalue weighted by Crippen LogP contribution is -2.43. The van der Waals surface area contributed by atoms with Crippen LogP contribution < -0.4 is 10.6 Å². The van der Waals surface area contributed by atoms with Crippen LogP contribution in [0.15, 0.2) is 53.4 Å². The van der Waals surface area contributed by atoms with Gasteiger partial charge in [0, 0.05) is 22.2 Å². The Hall–Kier alpha value is -2.51. The first-order chi connectivity index (χ1) is 13.8. The quantitative estimate of drug-likeness (QED) is 0.400. The number of imide groups is 1. The van der Waals surface area contributed by atoms with Crippen molar-refractivity contribution in [3.8, 4) is 0 Å². The molecule has 0 radical (unpaired) electrons. The van der Waals surface area contributed by atoms with Crippen LogP contribution in [-0.2, 0) is 15.1 Å². The van der Waals surface area contributed by atoms with Crippen LogP contribution in [0.25, 0.3) is 0 Å². The van der Waals surface area contributed by atoms with Crippen molar-refractivity contribution in [3.63, 3.8) is 0 Å². The summed E-state index contributed by atoms with van der Waals surface area (Å²) >= 11 is 7.52. The van der Waals surface area contributed by atoms with E-state index in [1.165, 1.54) is 5.56 Å². The normalized spacial score (nSPS) is 18.7. The van der Waals surface area contributed by atoms with E-state index in [9.17, 15) is 14.4 Å². The smallest absolute Gasteiger partial charge is 0.325 e. The number of carbonyl (C=O) groups excluding carboxylic acids is 3. The summed E-state index contributed by atoms with van der Waals surface area (Å²) in [6.45, 7) is 3.77. The summed E-state index contributed by atoms with van der Waals surface area (Å²) in [4.78, 5) is 39.4. The second-order valence-electron chi connectivity index (χ2n) is 6.96. The molecule has 1 aliphatic heterocycles. The lowest BCUT2D eigenvalue weighted by atomic mass is 9.92. The number of urea groups is 1. The van der Waals surface area contributed by atoms with Crippen molar-refractivity contribution < 1.29 is 14.4 Å². The van der Waals surface area contributed by atoms with Crippen molar-refractivity contribution >= 4 is 41.2 Å². The van der Waals surface area contributed by atoms with Gasteiger partial charge in [0.05, 0.1) is 0 Å². The number of amides is 4. The number of thioether (sulfide) groups is 1. The Bertz CT molecular complexity index is 918. The molecule has 2 aromatic carbocycles. The van der Waals surface area contributed by atoms with E-state index >= 15 is 0 Å². The van der Waals surface area contributed by atoms with Gasteiger partial charge < -0.3 is 10.6 Å². The lowest BCUT2D eigenvalue weighted by Gasteiger charge is -2.22. The van der Waals surface area contributed by atoms with Crippen LogP contribution in [0.5, 0.6) is 0 Å². The molecule has 1 fully saturated rings. The maximum atomic E-state index is 12.8. The molecule has 29 heavy (non-hydrogen) atoms. The molecule has 0 unspecified atom stereocenters. The Morgan fingerprint density at radius 2 is 1.79 bits per heavy atom. The third kappa shape index (κ3) is 4.92. The molecule has 1 atom stereocenters. The number of aryl methyl sites for hydroxylation is 1. The van der Waals surface area contributed by atoms with E-state index in [4.69, 9.17) is 11.6 Å². The zero-order valence-corrected chi connectivity index (χ0v) is 17.8. The van der Waals surface area contributed by atoms with Crippen molar-refractivity contribution in [1.82, 2.24) is 15.5 Å². The molecule has 0 aliphatic carbocycles. The van der Waals surface area contributed by atoms with Crippen molar-refractivity contribution in [3.05, 3.63) is 64.7 Å². The van der Waals surface area contributed by atoms with Crippen LogP contribution in [0.4, 0.5) is 4.79 Å². The molecule has 2 aromatic rings. The van der Waals surface area contributed by atoms with E-state index in [0.29, 0.717) is 22.9 Å². The minimum atomic E-state index is -1.22. The van der Waals surface area contributed by atoms with Crippen LogP contribution in [0, 0.1) is 6.92 Å². The predicted octanol–water partition coefficient (Wildman–Crippen LogP) is 3.32. The Kier molecular flexibility index (Phi) is 6.49. The van der Waals surface area contributed by atoms with Gasteiger partial charge in [0.1, 0.15) is 12.1 Å². The zero-order valence-electron chi connectivity index (χ0n) is 16.2. The van der Waals surface area contributed by atoms with Gasteiger partial charge in [-0.3, -0.25) is 14.5 Å². The van der Waals surface area contributed by atoms with E-state index in [2.05, 4.69) is 10.6 Å². The molecule has 0 spiro atoms. The summed E-state index contributed by atoms with van der Waals surface area (Å²) < 4.78 is 0. The fraction of sp³-hybridized carbons (Fsp3) is 0.286. The van der Waals surface area contributed by atoms with Crippen molar-refractivity contribution in [2.75, 3.05) is 18.8 Å². The summed E-state index contributed by atoms with van der Waals surface area (Å²) in [5.74, 6) is -0.149. The Balaban J connectivity index is 1.52. The molecule has 8 heteroatoms. The van der Waals surface area contributed by atoms with Crippen LogP contribution in [0.1, 0.15) is 18.1 Å². The summed E-state index contributed by atoms with van der Waals surface area (Å²) in [6, 6.07) is 14.2. The first-order valence-electron chi connectivity index (χ1n) is 9.16. The standard InChI is InChI=1S/C21H22ClN3O3S/c1-14-3-9-17(10-4-14)29-12-11-23-18(26)13-25-19(27)21(2,24-20(25)28)15-5-7-16(22)8-6-15/h3-10H,11-13H2,1-2H3,(H,23,26)(H,24,28)/t21-/m0/s1. The second kappa shape index (κ2) is 8.88. The van der Waals surface area contributed by atoms with Gasteiger partial charge >= 0.3 is 6.03 Å². The van der Waals surface area contributed by atoms with Gasteiger partial charge in [0.15, 0.2) is 0 Å². The van der Waals surface area contributed by atoms with Gasteiger partial charge in [0.25, 0.3) is 5.91 Å². The average Bonchev–Trinajstić information content (AvgIpc) is 2.91. The van der Waals surface area contributed by atoms with E-state index in [-0.39, 0.29) is 12.5 Å². The van der Waals surface area contributed by atoms with Gasteiger partial charge in [-0.15, -0.1) is 11.8 Å². The second-order valence-corrected chi connectivity index (χ2v) is 8.57. The van der Waals surface area contributed by atoms with Gasteiger partial charge in [0.2, 0.25) is 5.91 Å². The number of nitrogens with one attached hydrogen (secondary N) is 2. The molecule has 4 amide bonds. The molecule has 1 aliphatic rings. The minimum absolute atomic E-state index is 0.316. The topological polar surface area (TPSA) is 78.5 Å². The van der Waals surface area contributed by atoms with E-state index < -0.39 is 17.5 Å². The van der Waals surface area contributed by atoms with Crippen LogP contribution in [-0.4, -0.2) is 41.6 Å². The van der Waals surface area contributed by atoms with Crippen molar-refractivity contribution in [1.29, 1.82) is 0 Å². The molecule has 0 aromatic heterocycles. The average molecular weight is 432 g/mol. The molecule has 2 N–H and O–H groups in total. The molecule has 1 heterocycles. The highest BCUT2D eigenvalue weighted by Gasteiger charge is 2.49. The van der Waals surface area contributed by atoms with Gasteiger partial charge in [-0.05, 0) is 43.7 Å². The largest absolute Gasteiger partial charge is 0.354 e. The molecule has 152 valence electrons. The Morgan fingerprint density at radius 3 is 2.45 bits per heavy atom. The molecule has 0 saturated carbocycles. The number of carbonyl (C=O) groups is 3. The first-order valence-corrected chi connectivity index (χ1v) is 10.5. The summed E-state index contributed by atoms with van der Waals surface area (Å²) in [6.07, 6.45) is 0. The number of hydrogen-bond donors (Lipinski definition) is 2. The van der Waals surface area contributed by atoms with E-state index in [1.807, 2.05) is 31.2 Å². The molecule has 0 bridgehead atoms. The van der Waals surface area contributed by atoms with Crippen LogP contribution in [0.2, 0.25) is 5.02 Å². The summed E-state index contributed by atoms with van der Waals surface area (Å²) in [5, 5.41) is 5.97. The van der Waals surface area contributed by atoms with Crippen LogP contribution in [0.3, 0.4) is 0 Å². The monoisotopic (exact) mass is 431 g/mol. The molecule has 3 rings (SSSR count). The molecule has 1 saturated heterocycles. The summed E-state index contributed by atoms with van der Waals surface area (Å²) in [5.41, 5.74) is 0.586. The number of hydrogen-bond acceptors (Lipinski definition) is 4. The lowest BCUT2D eigenvalue weighted by molar-refractivity contribution is -0.134. The van der Waals surface area contributed by atoms with E-state index in [1.54, 1.807) is 43.0 Å². The fourth-order valence-corrected chi connectivity index (χ4v) is 3.91. The highest BCUT2D eigenvalue weighted by atomic mass is 35.5. The highest BCUT2D eigenvalue weighted by Crippen LogP contribution is 2.29. The number of nitrogens with zero attached hydrogens (tertiary/aromatic N) is 1. The van der Waals surface area contributed by atoms with E-state index in [0.717, 1.165) is 9.80 Å². The third-order valence-corrected chi connectivity index (χ3v) is 5.98. The van der Waals surface area contributed by atoms with Crippen LogP contribution >= 0.6 is 23.4 Å². The fourth-order valence-electron chi connectivity index (χ4n) is 3.01. The number of rotatable bonds is 7. The maximum Gasteiger partial charge on any atom is 0.325 e. The predicted molar refractivity (Wildman–Crippen MR) is 114 cm³/mol. The maximum absolute atomic E-state index is 12.8. The number of benzene rings is 2. The first kappa shape index (κ1) is 21.2. The SMILES string of the molecule is Cc1ccc(SCCNC(=O)CN2C(=O)N[C@@](C)(c3ccc(Cl)cc3)C2=O)cc1. The zero-order chi connectivity index (χ0) is 21.0. The minimum Gasteiger partial charge on any atom is -0.354 e. The molecular weight excluding hydrogens is 410 g/mol. The van der Waals surface area contributed by atoms with Crippen molar-refractivity contribution in [2.45, 2.75) is 24.3 Å². The highest BCUT2D eigenvalue weighted by molar-refractivity contribution is 7.99. The molecule has 6 nitrogen and oxygen atoms in total. The van der Waals surface area contributed by atoms with Gasteiger partial charge in [-0.25, -0.2) is 4.79 Å². The Morgan fingerprint density at radius 1 is 1.14 bits per heavy atom.